The van der Waals surface area contributed by atoms with E-state index in [9.17, 15) is 0 Å². The minimum atomic E-state index is 0.626. The van der Waals surface area contributed by atoms with Crippen molar-refractivity contribution in [3.05, 3.63) is 199 Å². The van der Waals surface area contributed by atoms with Gasteiger partial charge in [-0.1, -0.05) is 164 Å². The first-order chi connectivity index (χ1) is 29.2. The van der Waals surface area contributed by atoms with Crippen LogP contribution in [0.5, 0.6) is 0 Å². The highest BCUT2D eigenvalue weighted by molar-refractivity contribution is 6.21. The number of aryl methyl sites for hydroxylation is 1. The lowest BCUT2D eigenvalue weighted by Gasteiger charge is -2.14. The van der Waals surface area contributed by atoms with Crippen LogP contribution >= 0.6 is 0 Å². The number of hydrogen-bond donors (Lipinski definition) is 0. The van der Waals surface area contributed by atoms with Crippen LogP contribution in [-0.4, -0.2) is 19.9 Å². The summed E-state index contributed by atoms with van der Waals surface area (Å²) >= 11 is 0. The zero-order valence-corrected chi connectivity index (χ0v) is 31.9. The molecule has 0 saturated carbocycles. The molecule has 3 heterocycles. The summed E-state index contributed by atoms with van der Waals surface area (Å²) < 4.78 is 7.05. The molecule has 0 atom stereocenters. The van der Waals surface area contributed by atoms with Gasteiger partial charge in [-0.2, -0.15) is 0 Å². The van der Waals surface area contributed by atoms with Crippen LogP contribution in [0.15, 0.2) is 186 Å². The molecule has 59 heavy (non-hydrogen) atoms. The van der Waals surface area contributed by atoms with E-state index in [0.717, 1.165) is 101 Å². The van der Waals surface area contributed by atoms with Crippen molar-refractivity contribution in [2.24, 2.45) is 0 Å². The monoisotopic (exact) mass is 754 g/mol. The Morgan fingerprint density at radius 1 is 0.407 bits per heavy atom. The van der Waals surface area contributed by atoms with Crippen molar-refractivity contribution < 1.29 is 4.42 Å². The highest BCUT2D eigenvalue weighted by Crippen LogP contribution is 2.44. The number of para-hydroxylation sites is 1. The van der Waals surface area contributed by atoms with E-state index in [1.165, 1.54) is 16.3 Å². The van der Waals surface area contributed by atoms with Crippen LogP contribution in [0, 0.1) is 0 Å². The van der Waals surface area contributed by atoms with Crippen molar-refractivity contribution in [3.8, 4) is 45.4 Å². The van der Waals surface area contributed by atoms with E-state index >= 15 is 0 Å². The molecule has 1 aliphatic carbocycles. The third-order valence-electron chi connectivity index (χ3n) is 11.8. The molecule has 12 rings (SSSR count). The second-order valence-electron chi connectivity index (χ2n) is 15.3. The summed E-state index contributed by atoms with van der Waals surface area (Å²) in [5.41, 5.74) is 10.2. The molecular weight excluding hydrogens is 721 g/mol. The van der Waals surface area contributed by atoms with Gasteiger partial charge in [0.1, 0.15) is 11.3 Å². The number of nitrogens with zero attached hydrogens (tertiary/aromatic N) is 4. The van der Waals surface area contributed by atoms with E-state index in [-0.39, 0.29) is 0 Å². The van der Waals surface area contributed by atoms with E-state index < -0.39 is 0 Å². The number of rotatable bonds is 5. The Kier molecular flexibility index (Phi) is 7.60. The zero-order chi connectivity index (χ0) is 38.9. The van der Waals surface area contributed by atoms with Gasteiger partial charge in [-0.05, 0) is 58.1 Å². The smallest absolute Gasteiger partial charge is 0.164 e. The molecule has 0 spiro atoms. The summed E-state index contributed by atoms with van der Waals surface area (Å²) in [5.74, 6) is 2.84. The minimum absolute atomic E-state index is 0.626. The predicted molar refractivity (Wildman–Crippen MR) is 241 cm³/mol. The summed E-state index contributed by atoms with van der Waals surface area (Å²) in [6.45, 7) is 0. The van der Waals surface area contributed by atoms with Crippen LogP contribution in [0.3, 0.4) is 0 Å². The maximum Gasteiger partial charge on any atom is 0.164 e. The normalized spacial score (nSPS) is 12.7. The molecule has 0 unspecified atom stereocenters. The lowest BCUT2D eigenvalue weighted by atomic mass is 9.90. The van der Waals surface area contributed by atoms with E-state index in [0.29, 0.717) is 17.5 Å². The van der Waals surface area contributed by atoms with Gasteiger partial charge in [-0.25, -0.2) is 19.9 Å². The molecular formula is C54H34N4O. The molecule has 11 aromatic rings. The van der Waals surface area contributed by atoms with E-state index in [1.807, 2.05) is 6.07 Å². The Balaban J connectivity index is 0.970. The summed E-state index contributed by atoms with van der Waals surface area (Å²) in [6.07, 6.45) is 4.17. The molecule has 3 aromatic heterocycles. The lowest BCUT2D eigenvalue weighted by Crippen LogP contribution is -2.01. The van der Waals surface area contributed by atoms with Crippen molar-refractivity contribution in [2.75, 3.05) is 0 Å². The van der Waals surface area contributed by atoms with Crippen molar-refractivity contribution in [2.45, 2.75) is 12.8 Å². The van der Waals surface area contributed by atoms with Crippen LogP contribution in [-0.2, 0) is 6.42 Å². The minimum Gasteiger partial charge on any atom is -0.455 e. The molecule has 0 N–H and O–H groups in total. The van der Waals surface area contributed by atoms with Crippen LogP contribution in [0.2, 0.25) is 0 Å². The molecule has 5 heteroatoms. The Bertz CT molecular complexity index is 3400. The quantitative estimate of drug-likeness (QED) is 0.164. The molecule has 0 radical (unpaired) electrons. The lowest BCUT2D eigenvalue weighted by molar-refractivity contribution is 0.594. The largest absolute Gasteiger partial charge is 0.455 e. The summed E-state index contributed by atoms with van der Waals surface area (Å²) in [4.78, 5) is 20.4. The molecule has 0 aliphatic heterocycles. The van der Waals surface area contributed by atoms with Gasteiger partial charge >= 0.3 is 0 Å². The Labute approximate surface area is 340 Å². The van der Waals surface area contributed by atoms with Crippen molar-refractivity contribution in [1.29, 1.82) is 0 Å². The first-order valence-corrected chi connectivity index (χ1v) is 20.1. The van der Waals surface area contributed by atoms with E-state index in [4.69, 9.17) is 24.4 Å². The Morgan fingerprint density at radius 2 is 0.966 bits per heavy atom. The number of pyridine rings is 1. The van der Waals surface area contributed by atoms with Crippen molar-refractivity contribution in [3.63, 3.8) is 0 Å². The van der Waals surface area contributed by atoms with Gasteiger partial charge in [0.25, 0.3) is 0 Å². The van der Waals surface area contributed by atoms with Gasteiger partial charge in [0, 0.05) is 54.9 Å². The topological polar surface area (TPSA) is 64.7 Å². The molecule has 8 aromatic carbocycles. The SMILES string of the molecule is C1=C(c2ccc(-c3nc(-c4ccc5ccccc5c4)nc(-c4ccc5ccccc5c4)n3)cc2)c2oc3c(ccc4c(-c5ccccc5)nc5ccccc5c43)c2CC1. The van der Waals surface area contributed by atoms with Gasteiger partial charge in [0.05, 0.1) is 11.2 Å². The maximum absolute atomic E-state index is 7.05. The molecule has 1 aliphatic rings. The van der Waals surface area contributed by atoms with Crippen LogP contribution < -0.4 is 0 Å². The highest BCUT2D eigenvalue weighted by atomic mass is 16.3. The third kappa shape index (κ3) is 5.62. The standard InChI is InChI=1S/C54H34N4O/c1-2-13-36(14-3-1)49-46-30-29-44-43-19-10-18-42(50(43)59-51(44)48(46)45-17-8-9-20-47(45)55-49)35-23-25-37(26-24-35)52-56-53(40-27-21-33-11-4-6-15-38(33)31-40)58-54(57-52)41-28-22-34-12-5-7-16-39(34)32-41/h1-9,11-18,20-32H,10,19H2. The molecule has 0 amide bonds. The van der Waals surface area contributed by atoms with Gasteiger partial charge < -0.3 is 4.42 Å². The molecule has 276 valence electrons. The van der Waals surface area contributed by atoms with Crippen molar-refractivity contribution >= 4 is 59.8 Å². The maximum atomic E-state index is 7.05. The molecule has 0 bridgehead atoms. The number of hydrogen-bond acceptors (Lipinski definition) is 5. The molecule has 5 nitrogen and oxygen atoms in total. The second-order valence-corrected chi connectivity index (χ2v) is 15.3. The van der Waals surface area contributed by atoms with Crippen molar-refractivity contribution in [1.82, 2.24) is 19.9 Å². The number of furan rings is 1. The summed E-state index contributed by atoms with van der Waals surface area (Å²) in [6, 6.07) is 61.4. The molecule has 0 fully saturated rings. The average molecular weight is 755 g/mol. The zero-order valence-electron chi connectivity index (χ0n) is 31.9. The van der Waals surface area contributed by atoms with Crippen LogP contribution in [0.25, 0.3) is 105 Å². The molecule has 0 saturated heterocycles. The van der Waals surface area contributed by atoms with Gasteiger partial charge in [-0.3, -0.25) is 0 Å². The number of fused-ring (bicyclic) bond motifs is 9. The van der Waals surface area contributed by atoms with E-state index in [2.05, 4.69) is 176 Å². The fourth-order valence-electron chi connectivity index (χ4n) is 8.84. The van der Waals surface area contributed by atoms with Gasteiger partial charge in [0.2, 0.25) is 0 Å². The number of allylic oxidation sites excluding steroid dienone is 1. The first-order valence-electron chi connectivity index (χ1n) is 20.1. The number of aromatic nitrogens is 4. The average Bonchev–Trinajstić information content (AvgIpc) is 3.70. The van der Waals surface area contributed by atoms with Crippen LogP contribution in [0.4, 0.5) is 0 Å². The third-order valence-corrected chi connectivity index (χ3v) is 11.8. The van der Waals surface area contributed by atoms with Gasteiger partial charge in [0.15, 0.2) is 17.5 Å². The predicted octanol–water partition coefficient (Wildman–Crippen LogP) is 13.7. The summed E-state index contributed by atoms with van der Waals surface area (Å²) in [5, 5.41) is 9.09. The Morgan fingerprint density at radius 3 is 1.66 bits per heavy atom. The first kappa shape index (κ1) is 33.4. The van der Waals surface area contributed by atoms with E-state index in [1.54, 1.807) is 0 Å². The number of benzene rings is 8. The summed E-state index contributed by atoms with van der Waals surface area (Å²) in [7, 11) is 0. The second kappa shape index (κ2) is 13.4. The highest BCUT2D eigenvalue weighted by Gasteiger charge is 2.25. The van der Waals surface area contributed by atoms with Gasteiger partial charge in [-0.15, -0.1) is 0 Å². The Hall–Kier alpha value is -7.76. The fourth-order valence-corrected chi connectivity index (χ4v) is 8.84. The fraction of sp³-hybridized carbons (Fsp3) is 0.0370. The van der Waals surface area contributed by atoms with Crippen LogP contribution in [0.1, 0.15) is 23.3 Å².